The molecule has 2 aromatic carbocycles. The van der Waals surface area contributed by atoms with Gasteiger partial charge in [-0.3, -0.25) is 15.3 Å². The lowest BCUT2D eigenvalue weighted by Gasteiger charge is -2.28. The second-order valence-electron chi connectivity index (χ2n) is 5.10. The number of rotatable bonds is 6. The topological polar surface area (TPSA) is 66.6 Å². The molecule has 0 saturated heterocycles. The zero-order valence-corrected chi connectivity index (χ0v) is 12.3. The van der Waals surface area contributed by atoms with Gasteiger partial charge in [0, 0.05) is 12.1 Å². The Morgan fingerprint density at radius 2 is 1.95 bits per heavy atom. The molecule has 114 valence electrons. The van der Waals surface area contributed by atoms with E-state index in [1.165, 1.54) is 29.3 Å². The zero-order chi connectivity index (χ0) is 18.6. The molecule has 0 saturated carbocycles. The van der Waals surface area contributed by atoms with Crippen LogP contribution < -0.4 is 5.06 Å². The lowest BCUT2D eigenvalue weighted by atomic mass is 9.99. The molecule has 0 aliphatic heterocycles. The van der Waals surface area contributed by atoms with Crippen molar-refractivity contribution in [3.63, 3.8) is 0 Å². The predicted octanol–water partition coefficient (Wildman–Crippen LogP) is 4.42. The lowest BCUT2D eigenvalue weighted by Crippen LogP contribution is -2.25. The van der Waals surface area contributed by atoms with Crippen LogP contribution in [0.5, 0.6) is 0 Å². The van der Waals surface area contributed by atoms with Crippen LogP contribution in [0.4, 0.5) is 11.4 Å². The molecule has 0 aliphatic rings. The van der Waals surface area contributed by atoms with Crippen molar-refractivity contribution in [1.82, 2.24) is 0 Å². The number of nitro groups is 1. The lowest BCUT2D eigenvalue weighted by molar-refractivity contribution is -0.384. The summed E-state index contributed by atoms with van der Waals surface area (Å²) in [6, 6.07) is 12.3. The molecule has 0 amide bonds. The fourth-order valence-electron chi connectivity index (χ4n) is 2.18. The summed E-state index contributed by atoms with van der Waals surface area (Å²) in [6.07, 6.45) is 0. The summed E-state index contributed by atoms with van der Waals surface area (Å²) in [4.78, 5) is 10.3. The SMILES string of the molecule is [2H]ON(c1ccc([N+](=O)[O-])cc1)C(C(C)=C([2H])[2H])c1ccc(C)cc1. The van der Waals surface area contributed by atoms with Crippen molar-refractivity contribution in [2.45, 2.75) is 19.9 Å². The average Bonchev–Trinajstić information content (AvgIpc) is 2.60. The Labute approximate surface area is 133 Å². The van der Waals surface area contributed by atoms with Gasteiger partial charge in [-0.25, -0.2) is 5.06 Å². The van der Waals surface area contributed by atoms with Gasteiger partial charge in [-0.15, -0.1) is 0 Å². The largest absolute Gasteiger partial charge is 0.288 e. The van der Waals surface area contributed by atoms with Crippen molar-refractivity contribution in [2.75, 3.05) is 5.06 Å². The van der Waals surface area contributed by atoms with E-state index in [4.69, 9.17) is 9.38 Å². The van der Waals surface area contributed by atoms with Crippen molar-refractivity contribution in [3.05, 3.63) is 81.9 Å². The van der Waals surface area contributed by atoms with Gasteiger partial charge in [-0.1, -0.05) is 41.9 Å². The van der Waals surface area contributed by atoms with Crippen molar-refractivity contribution < 1.29 is 14.3 Å². The smallest absolute Gasteiger partial charge is 0.269 e. The fourth-order valence-corrected chi connectivity index (χ4v) is 2.18. The Morgan fingerprint density at radius 1 is 1.32 bits per heavy atom. The number of nitrogens with zero attached hydrogens (tertiary/aromatic N) is 2. The maximum Gasteiger partial charge on any atom is 0.269 e. The molecule has 0 radical (unpaired) electrons. The molecular formula is C17H18N2O3. The molecule has 1 N–H and O–H groups in total. The molecule has 0 spiro atoms. The molecule has 0 fully saturated rings. The number of hydroxylamine groups is 1. The van der Waals surface area contributed by atoms with E-state index in [0.717, 1.165) is 11.1 Å². The number of hydrogen-bond acceptors (Lipinski definition) is 4. The predicted molar refractivity (Wildman–Crippen MR) is 86.1 cm³/mol. The van der Waals surface area contributed by atoms with Crippen LogP contribution in [0.2, 0.25) is 1.43 Å². The van der Waals surface area contributed by atoms with Crippen molar-refractivity contribution in [3.8, 4) is 0 Å². The standard InChI is InChI=1S/C17H18N2O3/c1-12(2)17(14-6-4-13(3)5-7-14)18(20)15-8-10-16(11-9-15)19(21)22/h4-11,17,20H,1H2,2-3H3/i1D2,20D. The molecule has 5 heteroatoms. The second-order valence-corrected chi connectivity index (χ2v) is 5.10. The highest BCUT2D eigenvalue weighted by molar-refractivity contribution is 5.52. The quantitative estimate of drug-likeness (QED) is 0.487. The Balaban J connectivity index is 2.51. The van der Waals surface area contributed by atoms with Gasteiger partial charge in [0.15, 0.2) is 0 Å². The highest BCUT2D eigenvalue weighted by Crippen LogP contribution is 2.31. The molecule has 2 rings (SSSR count). The summed E-state index contributed by atoms with van der Waals surface area (Å²) in [5.41, 5.74) is 2.51. The highest BCUT2D eigenvalue weighted by atomic mass is 16.6. The molecule has 1 unspecified atom stereocenters. The van der Waals surface area contributed by atoms with Gasteiger partial charge in [-0.2, -0.15) is 0 Å². The Morgan fingerprint density at radius 3 is 2.45 bits per heavy atom. The zero-order valence-electron chi connectivity index (χ0n) is 15.3. The first-order valence-corrected chi connectivity index (χ1v) is 6.72. The van der Waals surface area contributed by atoms with Crippen LogP contribution in [0.25, 0.3) is 0 Å². The van der Waals surface area contributed by atoms with Gasteiger partial charge in [0.25, 0.3) is 5.69 Å². The Hall–Kier alpha value is -2.66. The Bertz CT molecular complexity index is 773. The summed E-state index contributed by atoms with van der Waals surface area (Å²) in [5, 5.41) is 16.8. The molecule has 0 aliphatic carbocycles. The van der Waals surface area contributed by atoms with Crippen LogP contribution in [0.1, 0.15) is 26.8 Å². The normalized spacial score (nSPS) is 13.5. The molecule has 1 atom stereocenters. The number of anilines is 1. The molecular weight excluding hydrogens is 280 g/mol. The van der Waals surface area contributed by atoms with Crippen LogP contribution in [0.15, 0.2) is 60.6 Å². The number of nitro benzene ring substituents is 1. The van der Waals surface area contributed by atoms with Crippen LogP contribution in [-0.4, -0.2) is 10.1 Å². The minimum absolute atomic E-state index is 0.0745. The minimum atomic E-state index is -0.676. The maximum atomic E-state index is 10.8. The van der Waals surface area contributed by atoms with Gasteiger partial charge in [0.05, 0.1) is 13.4 Å². The van der Waals surface area contributed by atoms with E-state index >= 15 is 0 Å². The average molecular weight is 301 g/mol. The van der Waals surface area contributed by atoms with E-state index < -0.39 is 11.0 Å². The summed E-state index contributed by atoms with van der Waals surface area (Å²) in [6.45, 7) is 3.18. The summed E-state index contributed by atoms with van der Waals surface area (Å²) < 4.78 is 22.7. The third kappa shape index (κ3) is 3.32. The molecule has 22 heavy (non-hydrogen) atoms. The Kier molecular flexibility index (Phi) is 3.48. The monoisotopic (exact) mass is 301 g/mol. The van der Waals surface area contributed by atoms with Crippen molar-refractivity contribution in [2.24, 2.45) is 0 Å². The number of aryl methyl sites for hydroxylation is 1. The number of hydrogen-bond donors (Lipinski definition) is 1. The van der Waals surface area contributed by atoms with Gasteiger partial charge in [0.1, 0.15) is 6.04 Å². The third-order valence-electron chi connectivity index (χ3n) is 3.35. The van der Waals surface area contributed by atoms with Crippen LogP contribution in [-0.2, 0) is 0 Å². The number of benzene rings is 2. The highest BCUT2D eigenvalue weighted by Gasteiger charge is 2.21. The van der Waals surface area contributed by atoms with Crippen LogP contribution >= 0.6 is 0 Å². The second kappa shape index (κ2) is 6.41. The van der Waals surface area contributed by atoms with Crippen molar-refractivity contribution >= 4 is 11.4 Å². The van der Waals surface area contributed by atoms with E-state index in [1.807, 2.05) is 31.2 Å². The van der Waals surface area contributed by atoms with E-state index in [9.17, 15) is 10.1 Å². The first-order chi connectivity index (χ1) is 11.8. The van der Waals surface area contributed by atoms with Crippen LogP contribution in [0.3, 0.4) is 0 Å². The van der Waals surface area contributed by atoms with Gasteiger partial charge in [-0.05, 0) is 31.5 Å². The van der Waals surface area contributed by atoms with E-state index in [2.05, 4.69) is 0 Å². The van der Waals surface area contributed by atoms with E-state index in [0.29, 0.717) is 11.3 Å². The molecule has 5 nitrogen and oxygen atoms in total. The number of non-ortho nitro benzene ring substituents is 1. The van der Waals surface area contributed by atoms with Gasteiger partial charge in [0.2, 0.25) is 1.43 Å². The third-order valence-corrected chi connectivity index (χ3v) is 3.35. The summed E-state index contributed by atoms with van der Waals surface area (Å²) >= 11 is 0. The minimum Gasteiger partial charge on any atom is -0.288 e. The van der Waals surface area contributed by atoms with Crippen molar-refractivity contribution in [1.29, 1.82) is 0 Å². The molecule has 2 aromatic rings. The van der Waals surface area contributed by atoms with Gasteiger partial charge >= 0.3 is 0 Å². The molecule has 0 heterocycles. The van der Waals surface area contributed by atoms with Gasteiger partial charge < -0.3 is 0 Å². The first-order valence-electron chi connectivity index (χ1n) is 8.13. The maximum absolute atomic E-state index is 10.8. The van der Waals surface area contributed by atoms with Crippen LogP contribution in [0, 0.1) is 17.0 Å². The first kappa shape index (κ1) is 11.9. The fraction of sp³-hybridized carbons (Fsp3) is 0.176. The van der Waals surface area contributed by atoms with E-state index in [1.54, 1.807) is 6.92 Å². The summed E-state index contributed by atoms with van der Waals surface area (Å²) in [7, 11) is 0. The summed E-state index contributed by atoms with van der Waals surface area (Å²) in [5.74, 6) is 0. The molecule has 0 bridgehead atoms. The molecule has 0 aromatic heterocycles. The van der Waals surface area contributed by atoms with E-state index in [-0.39, 0.29) is 12.2 Å².